The van der Waals surface area contributed by atoms with Crippen LogP contribution in [0, 0.1) is 0 Å². The van der Waals surface area contributed by atoms with Crippen molar-refractivity contribution in [3.05, 3.63) is 53.6 Å². The fourth-order valence-corrected chi connectivity index (χ4v) is 2.39. The summed E-state index contributed by atoms with van der Waals surface area (Å²) < 4.78 is 17.0. The molecule has 0 aliphatic rings. The largest absolute Gasteiger partial charge is 0.493 e. The summed E-state index contributed by atoms with van der Waals surface area (Å²) in [7, 11) is 1.58. The summed E-state index contributed by atoms with van der Waals surface area (Å²) in [6.45, 7) is 4.54. The van der Waals surface area contributed by atoms with Crippen LogP contribution in [0.4, 0.5) is 0 Å². The van der Waals surface area contributed by atoms with Crippen molar-refractivity contribution < 1.29 is 19.0 Å². The number of nitrogens with zero attached hydrogens (tertiary/aromatic N) is 1. The first-order valence-corrected chi connectivity index (χ1v) is 8.95. The highest BCUT2D eigenvalue weighted by atomic mass is 16.5. The molecule has 0 saturated carbocycles. The van der Waals surface area contributed by atoms with Crippen LogP contribution in [-0.4, -0.2) is 32.4 Å². The van der Waals surface area contributed by atoms with Crippen molar-refractivity contribution in [2.75, 3.05) is 20.3 Å². The van der Waals surface area contributed by atoms with Crippen LogP contribution in [0.2, 0.25) is 0 Å². The first kappa shape index (κ1) is 20.3. The molecule has 6 nitrogen and oxygen atoms in total. The monoisotopic (exact) mass is 370 g/mol. The van der Waals surface area contributed by atoms with Gasteiger partial charge in [-0.25, -0.2) is 5.43 Å². The van der Waals surface area contributed by atoms with Crippen molar-refractivity contribution in [1.29, 1.82) is 0 Å². The summed E-state index contributed by atoms with van der Waals surface area (Å²) in [6, 6.07) is 13.6. The highest BCUT2D eigenvalue weighted by molar-refractivity contribution is 5.86. The van der Waals surface area contributed by atoms with E-state index in [1.807, 2.05) is 30.3 Å². The molecule has 0 spiro atoms. The Morgan fingerprint density at radius 3 is 2.52 bits per heavy atom. The SMILES string of the molecule is CCc1ccc(OCCCOc2c(C=NNC(C)=O)cccc2OC)cc1. The van der Waals surface area contributed by atoms with E-state index in [4.69, 9.17) is 14.2 Å². The van der Waals surface area contributed by atoms with Gasteiger partial charge in [-0.1, -0.05) is 25.1 Å². The number of para-hydroxylation sites is 1. The second-order valence-electron chi connectivity index (χ2n) is 5.85. The molecule has 144 valence electrons. The van der Waals surface area contributed by atoms with Crippen molar-refractivity contribution in [3.8, 4) is 17.2 Å². The Morgan fingerprint density at radius 2 is 1.85 bits per heavy atom. The molecule has 2 rings (SSSR count). The van der Waals surface area contributed by atoms with E-state index < -0.39 is 0 Å². The third-order valence-corrected chi connectivity index (χ3v) is 3.79. The van der Waals surface area contributed by atoms with Crippen LogP contribution in [0.3, 0.4) is 0 Å². The summed E-state index contributed by atoms with van der Waals surface area (Å²) >= 11 is 0. The van der Waals surface area contributed by atoms with Gasteiger partial charge in [0.2, 0.25) is 5.91 Å². The lowest BCUT2D eigenvalue weighted by Crippen LogP contribution is -2.12. The van der Waals surface area contributed by atoms with Crippen molar-refractivity contribution in [3.63, 3.8) is 0 Å². The van der Waals surface area contributed by atoms with E-state index in [2.05, 4.69) is 29.6 Å². The number of rotatable bonds is 10. The van der Waals surface area contributed by atoms with Gasteiger partial charge in [0, 0.05) is 18.9 Å². The predicted octanol–water partition coefficient (Wildman–Crippen LogP) is 3.58. The van der Waals surface area contributed by atoms with Crippen LogP contribution in [0.15, 0.2) is 47.6 Å². The number of amides is 1. The van der Waals surface area contributed by atoms with E-state index in [0.717, 1.165) is 24.2 Å². The fourth-order valence-electron chi connectivity index (χ4n) is 2.39. The molecule has 0 aliphatic heterocycles. The molecule has 6 heteroatoms. The topological polar surface area (TPSA) is 69.2 Å². The van der Waals surface area contributed by atoms with Gasteiger partial charge in [0.25, 0.3) is 0 Å². The van der Waals surface area contributed by atoms with Crippen molar-refractivity contribution >= 4 is 12.1 Å². The lowest BCUT2D eigenvalue weighted by molar-refractivity contribution is -0.118. The highest BCUT2D eigenvalue weighted by Gasteiger charge is 2.09. The summed E-state index contributed by atoms with van der Waals surface area (Å²) in [5.41, 5.74) is 4.38. The standard InChI is InChI=1S/C21H26N2O4/c1-4-17-9-11-19(12-10-17)26-13-6-14-27-21-18(15-22-23-16(2)24)7-5-8-20(21)25-3/h5,7-12,15H,4,6,13-14H2,1-3H3,(H,23,24). The molecule has 2 aromatic rings. The molecular formula is C21H26N2O4. The number of ether oxygens (including phenoxy) is 3. The van der Waals surface area contributed by atoms with E-state index >= 15 is 0 Å². The maximum Gasteiger partial charge on any atom is 0.236 e. The molecule has 0 fully saturated rings. The van der Waals surface area contributed by atoms with E-state index in [-0.39, 0.29) is 5.91 Å². The molecule has 0 heterocycles. The number of carbonyl (C=O) groups excluding carboxylic acids is 1. The van der Waals surface area contributed by atoms with Crippen LogP contribution >= 0.6 is 0 Å². The molecule has 0 aliphatic carbocycles. The van der Waals surface area contributed by atoms with Gasteiger partial charge in [0.05, 0.1) is 26.5 Å². The first-order valence-electron chi connectivity index (χ1n) is 8.95. The molecule has 0 aromatic heterocycles. The summed E-state index contributed by atoms with van der Waals surface area (Å²) in [5.74, 6) is 1.81. The number of hydrogen-bond donors (Lipinski definition) is 1. The number of hydrogen-bond acceptors (Lipinski definition) is 5. The minimum atomic E-state index is -0.235. The second-order valence-corrected chi connectivity index (χ2v) is 5.85. The summed E-state index contributed by atoms with van der Waals surface area (Å²) in [5, 5.41) is 3.89. The number of methoxy groups -OCH3 is 1. The Kier molecular flexibility index (Phi) is 8.16. The smallest absolute Gasteiger partial charge is 0.236 e. The normalized spacial score (nSPS) is 10.6. The van der Waals surface area contributed by atoms with Gasteiger partial charge in [-0.05, 0) is 36.2 Å². The van der Waals surface area contributed by atoms with Gasteiger partial charge in [-0.15, -0.1) is 0 Å². The van der Waals surface area contributed by atoms with E-state index in [1.54, 1.807) is 7.11 Å². The molecule has 1 amide bonds. The number of benzene rings is 2. The van der Waals surface area contributed by atoms with E-state index in [9.17, 15) is 4.79 Å². The summed E-state index contributed by atoms with van der Waals surface area (Å²) in [6.07, 6.45) is 3.27. The summed E-state index contributed by atoms with van der Waals surface area (Å²) in [4.78, 5) is 10.9. The number of aryl methyl sites for hydroxylation is 1. The third-order valence-electron chi connectivity index (χ3n) is 3.79. The quantitative estimate of drug-likeness (QED) is 0.394. The zero-order chi connectivity index (χ0) is 19.5. The van der Waals surface area contributed by atoms with Crippen molar-refractivity contribution in [1.82, 2.24) is 5.43 Å². The third kappa shape index (κ3) is 6.66. The second kappa shape index (κ2) is 10.9. The van der Waals surface area contributed by atoms with Gasteiger partial charge in [0.15, 0.2) is 11.5 Å². The lowest BCUT2D eigenvalue weighted by Gasteiger charge is -2.13. The zero-order valence-electron chi connectivity index (χ0n) is 16.0. The van der Waals surface area contributed by atoms with Crippen molar-refractivity contribution in [2.24, 2.45) is 5.10 Å². The molecule has 1 N–H and O–H groups in total. The Morgan fingerprint density at radius 1 is 1.11 bits per heavy atom. The van der Waals surface area contributed by atoms with Crippen LogP contribution in [0.5, 0.6) is 17.2 Å². The Hall–Kier alpha value is -3.02. The van der Waals surface area contributed by atoms with Gasteiger partial charge in [0.1, 0.15) is 5.75 Å². The fraction of sp³-hybridized carbons (Fsp3) is 0.333. The molecule has 27 heavy (non-hydrogen) atoms. The molecular weight excluding hydrogens is 344 g/mol. The maximum atomic E-state index is 10.9. The average Bonchev–Trinajstić information content (AvgIpc) is 2.68. The van der Waals surface area contributed by atoms with Crippen LogP contribution < -0.4 is 19.6 Å². The lowest BCUT2D eigenvalue weighted by atomic mass is 10.2. The van der Waals surface area contributed by atoms with Crippen LogP contribution in [-0.2, 0) is 11.2 Å². The molecule has 0 saturated heterocycles. The zero-order valence-corrected chi connectivity index (χ0v) is 16.0. The Labute approximate surface area is 160 Å². The van der Waals surface area contributed by atoms with Crippen LogP contribution in [0.25, 0.3) is 0 Å². The minimum Gasteiger partial charge on any atom is -0.493 e. The average molecular weight is 370 g/mol. The van der Waals surface area contributed by atoms with E-state index in [1.165, 1.54) is 18.7 Å². The Balaban J connectivity index is 1.88. The molecule has 2 aromatic carbocycles. The number of hydrazone groups is 1. The van der Waals surface area contributed by atoms with Gasteiger partial charge < -0.3 is 14.2 Å². The van der Waals surface area contributed by atoms with Gasteiger partial charge >= 0.3 is 0 Å². The first-order chi connectivity index (χ1) is 13.1. The van der Waals surface area contributed by atoms with Gasteiger partial charge in [-0.3, -0.25) is 4.79 Å². The number of nitrogens with one attached hydrogen (secondary N) is 1. The minimum absolute atomic E-state index is 0.235. The highest BCUT2D eigenvalue weighted by Crippen LogP contribution is 2.30. The van der Waals surface area contributed by atoms with E-state index in [0.29, 0.717) is 24.7 Å². The predicted molar refractivity (Wildman–Crippen MR) is 106 cm³/mol. The maximum absolute atomic E-state index is 10.9. The Bertz CT molecular complexity index is 757. The van der Waals surface area contributed by atoms with Crippen LogP contribution in [0.1, 0.15) is 31.4 Å². The van der Waals surface area contributed by atoms with Gasteiger partial charge in [-0.2, -0.15) is 5.10 Å². The number of carbonyl (C=O) groups is 1. The molecule has 0 bridgehead atoms. The molecule has 0 unspecified atom stereocenters. The molecule has 0 atom stereocenters. The molecule has 0 radical (unpaired) electrons. The van der Waals surface area contributed by atoms with Crippen molar-refractivity contribution in [2.45, 2.75) is 26.7 Å².